The minimum absolute atomic E-state index is 0.0240. The Morgan fingerprint density at radius 1 is 0.657 bits per heavy atom. The number of hydrogen-bond donors (Lipinski definition) is 7. The van der Waals surface area contributed by atoms with E-state index in [1.807, 2.05) is 103 Å². The smallest absolute Gasteiger partial charge is 0.329 e. The van der Waals surface area contributed by atoms with Gasteiger partial charge in [0.1, 0.15) is 30.4 Å². The first-order valence-electron chi connectivity index (χ1n) is 22.1. The Hall–Kier alpha value is -8.39. The summed E-state index contributed by atoms with van der Waals surface area (Å²) in [5.41, 5.74) is 6.51. The number of methoxy groups -OCH3 is 1. The van der Waals surface area contributed by atoms with Crippen LogP contribution in [0.3, 0.4) is 0 Å². The van der Waals surface area contributed by atoms with Crippen molar-refractivity contribution in [1.82, 2.24) is 35.9 Å². The molecule has 14 heteroatoms. The molecular weight excluding hydrogens is 847 g/mol. The molecule has 0 aliphatic rings. The van der Waals surface area contributed by atoms with Crippen LogP contribution in [0.1, 0.15) is 41.0 Å². The van der Waals surface area contributed by atoms with E-state index in [0.717, 1.165) is 49.4 Å². The number of esters is 1. The van der Waals surface area contributed by atoms with Crippen molar-refractivity contribution in [1.29, 1.82) is 0 Å². The van der Waals surface area contributed by atoms with Crippen LogP contribution in [0.25, 0.3) is 54.9 Å². The molecule has 0 aliphatic carbocycles. The highest BCUT2D eigenvalue weighted by molar-refractivity contribution is 6.13. The van der Waals surface area contributed by atoms with Gasteiger partial charge < -0.3 is 45.5 Å². The molecule has 0 spiro atoms. The van der Waals surface area contributed by atoms with Gasteiger partial charge in [-0.25, -0.2) is 9.78 Å². The van der Waals surface area contributed by atoms with Gasteiger partial charge in [0, 0.05) is 68.9 Å². The lowest BCUT2D eigenvalue weighted by molar-refractivity contribution is -0.150. The molecule has 4 heterocycles. The summed E-state index contributed by atoms with van der Waals surface area (Å²) in [5, 5.41) is 22.6. The van der Waals surface area contributed by atoms with Crippen LogP contribution < -0.4 is 20.7 Å². The second-order valence-electron chi connectivity index (χ2n) is 16.9. The number of phenols is 1. The summed E-state index contributed by atoms with van der Waals surface area (Å²) in [6.07, 6.45) is 3.69. The first-order chi connectivity index (χ1) is 32.5. The van der Waals surface area contributed by atoms with E-state index in [-0.39, 0.29) is 42.6 Å². The van der Waals surface area contributed by atoms with Gasteiger partial charge in [-0.1, -0.05) is 98.8 Å². The molecule has 9 rings (SSSR count). The number of para-hydroxylation sites is 3. The fraction of sp³-hybridized carbons (Fsp3) is 0.189. The van der Waals surface area contributed by atoms with Crippen LogP contribution in [0.5, 0.6) is 11.5 Å². The molecule has 14 nitrogen and oxygen atoms in total. The minimum atomic E-state index is -1.22. The lowest BCUT2D eigenvalue weighted by Crippen LogP contribution is -2.57. The van der Waals surface area contributed by atoms with Crippen molar-refractivity contribution in [3.05, 3.63) is 162 Å². The zero-order valence-corrected chi connectivity index (χ0v) is 37.1. The average Bonchev–Trinajstić information content (AvgIpc) is 4.07. The number of phenolic OH excluding ortho intramolecular Hbond substituents is 1. The number of aromatic amines is 3. The van der Waals surface area contributed by atoms with Gasteiger partial charge in [0.25, 0.3) is 5.91 Å². The van der Waals surface area contributed by atoms with E-state index in [1.54, 1.807) is 44.4 Å². The van der Waals surface area contributed by atoms with E-state index in [1.165, 1.54) is 13.2 Å². The van der Waals surface area contributed by atoms with Crippen molar-refractivity contribution in [2.24, 2.45) is 5.92 Å². The van der Waals surface area contributed by atoms with Crippen LogP contribution in [-0.4, -0.2) is 74.0 Å². The molecule has 67 heavy (non-hydrogen) atoms. The lowest BCUT2D eigenvalue weighted by atomic mass is 10.00. The van der Waals surface area contributed by atoms with E-state index < -0.39 is 41.8 Å². The monoisotopic (exact) mass is 895 g/mol. The summed E-state index contributed by atoms with van der Waals surface area (Å²) >= 11 is 0. The molecule has 4 aromatic heterocycles. The molecule has 9 aromatic rings. The molecule has 3 atom stereocenters. The molecule has 0 aliphatic heterocycles. The number of aromatic hydroxyl groups is 1. The summed E-state index contributed by atoms with van der Waals surface area (Å²) in [5.74, 6) is -2.69. The maximum Gasteiger partial charge on any atom is 0.329 e. The average molecular weight is 896 g/mol. The lowest BCUT2D eigenvalue weighted by Gasteiger charge is -2.26. The topological polar surface area (TPSA) is 203 Å². The van der Waals surface area contributed by atoms with Crippen LogP contribution >= 0.6 is 0 Å². The van der Waals surface area contributed by atoms with Crippen molar-refractivity contribution in [3.8, 4) is 22.8 Å². The number of ether oxygens (including phenoxy) is 2. The number of nitrogens with zero attached hydrogens (tertiary/aromatic N) is 1. The zero-order valence-electron chi connectivity index (χ0n) is 37.1. The molecule has 338 valence electrons. The summed E-state index contributed by atoms with van der Waals surface area (Å²) in [7, 11) is 1.45. The number of nitrogens with one attached hydrogen (secondary N) is 6. The maximum absolute atomic E-state index is 15.0. The number of amides is 3. The third-order valence-corrected chi connectivity index (χ3v) is 12.1. The third kappa shape index (κ3) is 9.27. The Balaban J connectivity index is 1.06. The predicted molar refractivity (Wildman–Crippen MR) is 257 cm³/mol. The number of pyridine rings is 1. The van der Waals surface area contributed by atoms with Gasteiger partial charge in [-0.2, -0.15) is 0 Å². The van der Waals surface area contributed by atoms with Crippen LogP contribution in [0, 0.1) is 5.92 Å². The molecule has 0 unspecified atom stereocenters. The molecule has 0 radical (unpaired) electrons. The Labute approximate surface area is 385 Å². The van der Waals surface area contributed by atoms with Crippen molar-refractivity contribution in [2.75, 3.05) is 7.11 Å². The Morgan fingerprint density at radius 2 is 1.24 bits per heavy atom. The van der Waals surface area contributed by atoms with Gasteiger partial charge in [0.2, 0.25) is 11.8 Å². The number of carbonyl (C=O) groups is 4. The number of H-pyrrole nitrogens is 3. The maximum atomic E-state index is 15.0. The second-order valence-corrected chi connectivity index (χ2v) is 16.9. The molecule has 0 fully saturated rings. The highest BCUT2D eigenvalue weighted by Gasteiger charge is 2.33. The first-order valence-corrected chi connectivity index (χ1v) is 22.1. The van der Waals surface area contributed by atoms with Crippen LogP contribution in [0.4, 0.5) is 0 Å². The molecule has 3 amide bonds. The Bertz CT molecular complexity index is 3280. The second kappa shape index (κ2) is 19.0. The summed E-state index contributed by atoms with van der Waals surface area (Å²) < 4.78 is 11.1. The summed E-state index contributed by atoms with van der Waals surface area (Å²) in [6, 6.07) is 35.3. The van der Waals surface area contributed by atoms with Crippen LogP contribution in [0.2, 0.25) is 0 Å². The number of hydrogen-bond acceptors (Lipinski definition) is 8. The normalized spacial score (nSPS) is 12.8. The first kappa shape index (κ1) is 43.8. The zero-order chi connectivity index (χ0) is 46.6. The number of carbonyl (C=O) groups excluding carboxylic acids is 4. The third-order valence-electron chi connectivity index (χ3n) is 12.1. The molecule has 5 aromatic carbocycles. The highest BCUT2D eigenvalue weighted by atomic mass is 16.5. The number of aromatic nitrogens is 4. The number of fused-ring (bicyclic) bond motifs is 5. The van der Waals surface area contributed by atoms with Gasteiger partial charge in [-0.05, 0) is 65.1 Å². The van der Waals surface area contributed by atoms with Gasteiger partial charge in [-0.3, -0.25) is 14.4 Å². The fourth-order valence-corrected chi connectivity index (χ4v) is 8.53. The molecule has 0 saturated heterocycles. The molecular formula is C53H49N7O7. The van der Waals surface area contributed by atoms with E-state index in [9.17, 15) is 24.3 Å². The van der Waals surface area contributed by atoms with Gasteiger partial charge in [-0.15, -0.1) is 0 Å². The van der Waals surface area contributed by atoms with Gasteiger partial charge in [0.05, 0.1) is 18.3 Å². The predicted octanol–water partition coefficient (Wildman–Crippen LogP) is 8.01. The number of rotatable bonds is 16. The van der Waals surface area contributed by atoms with E-state index >= 15 is 0 Å². The Kier molecular flexibility index (Phi) is 12.4. The Morgan fingerprint density at radius 3 is 1.88 bits per heavy atom. The molecule has 7 N–H and O–H groups in total. The van der Waals surface area contributed by atoms with E-state index in [0.29, 0.717) is 22.2 Å². The van der Waals surface area contributed by atoms with Crippen molar-refractivity contribution >= 4 is 67.3 Å². The van der Waals surface area contributed by atoms with Crippen molar-refractivity contribution in [2.45, 2.75) is 51.4 Å². The summed E-state index contributed by atoms with van der Waals surface area (Å²) in [4.78, 5) is 72.6. The van der Waals surface area contributed by atoms with Crippen LogP contribution in [-0.2, 0) is 38.6 Å². The standard InChI is InChI=1S/C53H49N7O7/c1-30(2)47(53(65)67-29-31-13-5-4-6-14-31)60-52(64)43(24-34-28-55-40-19-11-8-16-36(34)40)59-50(62)42(23-33-27-54-39-18-10-7-15-35(33)39)58-51(63)44-26-38-37-17-9-12-20-41(37)56-49(38)48(57-44)32-21-22-45(61)46(25-32)66-3/h4-22,25-28,30,42-43,47,54-56,61H,23-24,29H2,1-3H3,(H,58,63)(H,59,62)(H,60,64)/t42-,43-,47-/m0/s1. The summed E-state index contributed by atoms with van der Waals surface area (Å²) in [6.45, 7) is 3.64. The number of benzene rings is 5. The van der Waals surface area contributed by atoms with E-state index in [4.69, 9.17) is 14.5 Å². The van der Waals surface area contributed by atoms with Crippen molar-refractivity contribution < 1.29 is 33.8 Å². The fourth-order valence-electron chi connectivity index (χ4n) is 8.53. The quantitative estimate of drug-likeness (QED) is 0.0473. The minimum Gasteiger partial charge on any atom is -0.504 e. The molecule has 0 saturated carbocycles. The molecule has 0 bridgehead atoms. The van der Waals surface area contributed by atoms with E-state index in [2.05, 4.69) is 30.9 Å². The van der Waals surface area contributed by atoms with Gasteiger partial charge in [0.15, 0.2) is 11.5 Å². The highest BCUT2D eigenvalue weighted by Crippen LogP contribution is 2.36. The van der Waals surface area contributed by atoms with Crippen molar-refractivity contribution in [3.63, 3.8) is 0 Å². The largest absolute Gasteiger partial charge is 0.504 e. The van der Waals surface area contributed by atoms with Crippen LogP contribution in [0.15, 0.2) is 140 Å². The van der Waals surface area contributed by atoms with Gasteiger partial charge >= 0.3 is 5.97 Å². The SMILES string of the molecule is COc1cc(-c2nc(C(=O)N[C@@H](Cc3c[nH]c4ccccc34)C(=O)N[C@@H](Cc3c[nH]c4ccccc34)C(=O)N[C@H](C(=O)OCc3ccccc3)C(C)C)cc3c2[nH]c2ccccc23)ccc1O.